The Bertz CT molecular complexity index is 222. The number of likely N-dealkylation sites (tertiary alicyclic amines) is 1. The number of hydrogen-bond donors (Lipinski definition) is 1. The van der Waals surface area contributed by atoms with E-state index >= 15 is 0 Å². The van der Waals surface area contributed by atoms with Crippen molar-refractivity contribution in [1.29, 1.82) is 0 Å². The van der Waals surface area contributed by atoms with Gasteiger partial charge in [-0.05, 0) is 18.3 Å². The van der Waals surface area contributed by atoms with E-state index in [9.17, 15) is 5.11 Å². The van der Waals surface area contributed by atoms with Gasteiger partial charge in [0.25, 0.3) is 0 Å². The van der Waals surface area contributed by atoms with Crippen LogP contribution in [-0.4, -0.2) is 48.0 Å². The monoisotopic (exact) mass is 213 g/mol. The molecule has 88 valence electrons. The van der Waals surface area contributed by atoms with Crippen LogP contribution in [0, 0.1) is 5.41 Å². The van der Waals surface area contributed by atoms with E-state index in [4.69, 9.17) is 4.74 Å². The topological polar surface area (TPSA) is 32.7 Å². The highest BCUT2D eigenvalue weighted by Gasteiger charge is 2.43. The SMILES string of the molecule is CC(C)(C)C1(O)CCN(C2COC2)CC1. The average Bonchev–Trinajstić information content (AvgIpc) is 2.04. The molecule has 3 nitrogen and oxygen atoms in total. The third-order valence-corrected chi connectivity index (χ3v) is 4.16. The summed E-state index contributed by atoms with van der Waals surface area (Å²) in [6.45, 7) is 10.2. The molecule has 0 amide bonds. The number of hydrogen-bond acceptors (Lipinski definition) is 3. The molecule has 0 aromatic carbocycles. The molecule has 2 fully saturated rings. The van der Waals surface area contributed by atoms with Gasteiger partial charge in [-0.15, -0.1) is 0 Å². The molecule has 0 saturated carbocycles. The number of ether oxygens (including phenoxy) is 1. The van der Waals surface area contributed by atoms with Gasteiger partial charge in [-0.2, -0.15) is 0 Å². The van der Waals surface area contributed by atoms with Crippen LogP contribution >= 0.6 is 0 Å². The van der Waals surface area contributed by atoms with E-state index in [1.54, 1.807) is 0 Å². The van der Waals surface area contributed by atoms with Crippen molar-refractivity contribution in [3.8, 4) is 0 Å². The van der Waals surface area contributed by atoms with Gasteiger partial charge < -0.3 is 9.84 Å². The first-order valence-corrected chi connectivity index (χ1v) is 5.97. The summed E-state index contributed by atoms with van der Waals surface area (Å²) in [5.41, 5.74) is -0.483. The van der Waals surface area contributed by atoms with Crippen LogP contribution < -0.4 is 0 Å². The van der Waals surface area contributed by atoms with Crippen LogP contribution in [0.3, 0.4) is 0 Å². The van der Waals surface area contributed by atoms with Crippen molar-refractivity contribution in [2.45, 2.75) is 45.3 Å². The first-order chi connectivity index (χ1) is 6.92. The molecule has 2 heterocycles. The van der Waals surface area contributed by atoms with Crippen molar-refractivity contribution in [2.75, 3.05) is 26.3 Å². The molecule has 0 aromatic heterocycles. The molecule has 0 radical (unpaired) electrons. The predicted molar refractivity (Wildman–Crippen MR) is 59.8 cm³/mol. The average molecular weight is 213 g/mol. The van der Waals surface area contributed by atoms with Gasteiger partial charge in [0, 0.05) is 13.1 Å². The minimum absolute atomic E-state index is 0.00476. The van der Waals surface area contributed by atoms with E-state index in [-0.39, 0.29) is 5.41 Å². The fraction of sp³-hybridized carbons (Fsp3) is 1.00. The summed E-state index contributed by atoms with van der Waals surface area (Å²) in [5, 5.41) is 10.5. The Hall–Kier alpha value is -0.120. The Morgan fingerprint density at radius 2 is 1.73 bits per heavy atom. The smallest absolute Gasteiger partial charge is 0.0720 e. The van der Waals surface area contributed by atoms with Gasteiger partial charge in [0.15, 0.2) is 0 Å². The quantitative estimate of drug-likeness (QED) is 0.712. The Kier molecular flexibility index (Phi) is 2.82. The third kappa shape index (κ3) is 2.05. The van der Waals surface area contributed by atoms with Crippen molar-refractivity contribution in [2.24, 2.45) is 5.41 Å². The molecule has 0 unspecified atom stereocenters. The summed E-state index contributed by atoms with van der Waals surface area (Å²) in [6.07, 6.45) is 1.79. The normalized spacial score (nSPS) is 28.8. The highest BCUT2D eigenvalue weighted by atomic mass is 16.5. The summed E-state index contributed by atoms with van der Waals surface area (Å²) in [4.78, 5) is 2.46. The van der Waals surface area contributed by atoms with E-state index in [0.29, 0.717) is 6.04 Å². The number of piperidine rings is 1. The molecule has 0 bridgehead atoms. The van der Waals surface area contributed by atoms with E-state index in [1.807, 2.05) is 0 Å². The molecule has 2 saturated heterocycles. The summed E-state index contributed by atoms with van der Waals surface area (Å²) < 4.78 is 5.20. The molecule has 3 heteroatoms. The van der Waals surface area contributed by atoms with Crippen molar-refractivity contribution >= 4 is 0 Å². The predicted octanol–water partition coefficient (Wildman–Crippen LogP) is 1.26. The largest absolute Gasteiger partial charge is 0.389 e. The van der Waals surface area contributed by atoms with Gasteiger partial charge in [0.2, 0.25) is 0 Å². The lowest BCUT2D eigenvalue weighted by Crippen LogP contribution is -2.57. The van der Waals surface area contributed by atoms with Crippen molar-refractivity contribution < 1.29 is 9.84 Å². The second-order valence-electron chi connectivity index (χ2n) is 6.01. The summed E-state index contributed by atoms with van der Waals surface area (Å²) in [7, 11) is 0. The van der Waals surface area contributed by atoms with E-state index < -0.39 is 5.60 Å². The molecular formula is C12H23NO2. The molecule has 2 aliphatic rings. The Morgan fingerprint density at radius 3 is 2.07 bits per heavy atom. The van der Waals surface area contributed by atoms with E-state index in [0.717, 1.165) is 39.1 Å². The minimum Gasteiger partial charge on any atom is -0.389 e. The maximum atomic E-state index is 10.5. The van der Waals surface area contributed by atoms with Crippen LogP contribution in [-0.2, 0) is 4.74 Å². The van der Waals surface area contributed by atoms with Crippen molar-refractivity contribution in [3.63, 3.8) is 0 Å². The van der Waals surface area contributed by atoms with Gasteiger partial charge in [-0.3, -0.25) is 4.90 Å². The molecule has 0 atom stereocenters. The second-order valence-corrected chi connectivity index (χ2v) is 6.01. The standard InChI is InChI=1S/C12H23NO2/c1-11(2,3)12(14)4-6-13(7-5-12)10-8-15-9-10/h10,14H,4-9H2,1-3H3. The summed E-state index contributed by atoms with van der Waals surface area (Å²) in [5.74, 6) is 0. The van der Waals surface area contributed by atoms with Crippen LogP contribution in [0.5, 0.6) is 0 Å². The zero-order valence-electron chi connectivity index (χ0n) is 10.1. The lowest BCUT2D eigenvalue weighted by molar-refractivity contribution is -0.131. The molecule has 2 aliphatic heterocycles. The highest BCUT2D eigenvalue weighted by molar-refractivity contribution is 4.96. The van der Waals surface area contributed by atoms with Gasteiger partial charge in [-0.25, -0.2) is 0 Å². The lowest BCUT2D eigenvalue weighted by Gasteiger charge is -2.49. The molecule has 0 spiro atoms. The zero-order chi connectivity index (χ0) is 11.1. The van der Waals surface area contributed by atoms with Crippen molar-refractivity contribution in [1.82, 2.24) is 4.90 Å². The Balaban J connectivity index is 1.90. The van der Waals surface area contributed by atoms with Gasteiger partial charge >= 0.3 is 0 Å². The van der Waals surface area contributed by atoms with Crippen LogP contribution in [0.1, 0.15) is 33.6 Å². The molecule has 1 N–H and O–H groups in total. The van der Waals surface area contributed by atoms with Gasteiger partial charge in [0.05, 0.1) is 24.9 Å². The second kappa shape index (κ2) is 3.72. The molecular weight excluding hydrogens is 190 g/mol. The van der Waals surface area contributed by atoms with Crippen molar-refractivity contribution in [3.05, 3.63) is 0 Å². The summed E-state index contributed by atoms with van der Waals surface area (Å²) in [6, 6.07) is 0.620. The van der Waals surface area contributed by atoms with Crippen LogP contribution in [0.2, 0.25) is 0 Å². The van der Waals surface area contributed by atoms with E-state index in [1.165, 1.54) is 0 Å². The minimum atomic E-state index is -0.478. The number of rotatable bonds is 1. The maximum absolute atomic E-state index is 10.5. The molecule has 15 heavy (non-hydrogen) atoms. The first-order valence-electron chi connectivity index (χ1n) is 5.97. The maximum Gasteiger partial charge on any atom is 0.0720 e. The van der Waals surface area contributed by atoms with Crippen LogP contribution in [0.25, 0.3) is 0 Å². The molecule has 2 rings (SSSR count). The lowest BCUT2D eigenvalue weighted by atomic mass is 9.71. The third-order valence-electron chi connectivity index (χ3n) is 4.16. The number of aliphatic hydroxyl groups is 1. The van der Waals surface area contributed by atoms with Crippen LogP contribution in [0.4, 0.5) is 0 Å². The fourth-order valence-corrected chi connectivity index (χ4v) is 2.44. The number of nitrogens with zero attached hydrogens (tertiary/aromatic N) is 1. The molecule has 0 aliphatic carbocycles. The van der Waals surface area contributed by atoms with E-state index in [2.05, 4.69) is 25.7 Å². The van der Waals surface area contributed by atoms with Gasteiger partial charge in [-0.1, -0.05) is 20.8 Å². The van der Waals surface area contributed by atoms with Gasteiger partial charge in [0.1, 0.15) is 0 Å². The first kappa shape index (κ1) is 11.4. The highest BCUT2D eigenvalue weighted by Crippen LogP contribution is 2.39. The zero-order valence-corrected chi connectivity index (χ0v) is 10.1. The Morgan fingerprint density at radius 1 is 1.20 bits per heavy atom. The summed E-state index contributed by atoms with van der Waals surface area (Å²) >= 11 is 0. The molecule has 0 aromatic rings. The fourth-order valence-electron chi connectivity index (χ4n) is 2.44. The Labute approximate surface area is 92.4 Å². The van der Waals surface area contributed by atoms with Crippen LogP contribution in [0.15, 0.2) is 0 Å².